The Morgan fingerprint density at radius 2 is 2.08 bits per heavy atom. The second-order valence-corrected chi connectivity index (χ2v) is 8.60. The van der Waals surface area contributed by atoms with Crippen LogP contribution in [-0.4, -0.2) is 89.1 Å². The Balaban J connectivity index is 1.72. The minimum atomic E-state index is -3.76. The molecule has 2 aliphatic heterocycles. The van der Waals surface area contributed by atoms with Gasteiger partial charge in [-0.3, -0.25) is 9.48 Å². The average Bonchev–Trinajstić information content (AvgIpc) is 3.19. The minimum absolute atomic E-state index is 0.0851. The molecule has 0 N–H and O–H groups in total. The van der Waals surface area contributed by atoms with Gasteiger partial charge in [-0.25, -0.2) is 17.2 Å². The summed E-state index contributed by atoms with van der Waals surface area (Å²) in [5, 5.41) is 7.61. The third kappa shape index (κ3) is 4.01. The van der Waals surface area contributed by atoms with Crippen LogP contribution in [0.1, 0.15) is 23.8 Å². The van der Waals surface area contributed by atoms with Crippen molar-refractivity contribution in [1.29, 1.82) is 0 Å². The van der Waals surface area contributed by atoms with Crippen molar-refractivity contribution in [1.82, 2.24) is 24.2 Å². The molecule has 26 heavy (non-hydrogen) atoms. The van der Waals surface area contributed by atoms with Crippen LogP contribution >= 0.6 is 0 Å². The summed E-state index contributed by atoms with van der Waals surface area (Å²) in [6.45, 7) is 2.28. The summed E-state index contributed by atoms with van der Waals surface area (Å²) in [6.07, 6.45) is 0.782. The Morgan fingerprint density at radius 3 is 2.73 bits per heavy atom. The van der Waals surface area contributed by atoms with Crippen molar-refractivity contribution in [2.24, 2.45) is 0 Å². The lowest BCUT2D eigenvalue weighted by atomic mass is 10.2. The van der Waals surface area contributed by atoms with Crippen LogP contribution in [0.25, 0.3) is 0 Å². The van der Waals surface area contributed by atoms with Crippen LogP contribution in [0.5, 0.6) is 0 Å². The van der Waals surface area contributed by atoms with Gasteiger partial charge in [-0.2, -0.15) is 4.31 Å². The van der Waals surface area contributed by atoms with Gasteiger partial charge < -0.3 is 9.64 Å². The summed E-state index contributed by atoms with van der Waals surface area (Å²) in [5.41, 5.74) is 0.0987. The van der Waals surface area contributed by atoms with E-state index in [1.165, 1.54) is 17.8 Å². The van der Waals surface area contributed by atoms with E-state index in [2.05, 4.69) is 10.3 Å². The first kappa shape index (κ1) is 19.1. The number of rotatable bonds is 5. The summed E-state index contributed by atoms with van der Waals surface area (Å²) < 4.78 is 59.0. The van der Waals surface area contributed by atoms with Crippen LogP contribution in [0.4, 0.5) is 8.78 Å². The van der Waals surface area contributed by atoms with Crippen LogP contribution in [0.2, 0.25) is 0 Å². The summed E-state index contributed by atoms with van der Waals surface area (Å²) >= 11 is 0. The molecule has 1 atom stereocenters. The number of amides is 1. The standard InChI is InChI=1S/C14H21F2N5O4S/c1-2-26(23,24)21-10-14(15,16)7-11(21)8-20-9-12(17-18-20)13(22)19-3-5-25-6-4-19/h9,11H,2-8,10H2,1H3/t11-/m0/s1. The van der Waals surface area contributed by atoms with Crippen molar-refractivity contribution in [3.8, 4) is 0 Å². The maximum absolute atomic E-state index is 13.8. The molecule has 2 fully saturated rings. The molecule has 9 nitrogen and oxygen atoms in total. The van der Waals surface area contributed by atoms with E-state index in [9.17, 15) is 22.0 Å². The smallest absolute Gasteiger partial charge is 0.276 e. The van der Waals surface area contributed by atoms with Gasteiger partial charge in [-0.05, 0) is 6.92 Å². The molecule has 0 aliphatic carbocycles. The van der Waals surface area contributed by atoms with Crippen LogP contribution in [-0.2, 0) is 21.3 Å². The Kier molecular flexibility index (Phi) is 5.26. The van der Waals surface area contributed by atoms with Gasteiger partial charge in [0, 0.05) is 19.5 Å². The molecule has 1 aromatic rings. The first-order chi connectivity index (χ1) is 12.2. The van der Waals surface area contributed by atoms with Crippen molar-refractivity contribution in [2.75, 3.05) is 38.6 Å². The van der Waals surface area contributed by atoms with Gasteiger partial charge in [0.05, 0.1) is 44.3 Å². The fraction of sp³-hybridized carbons (Fsp3) is 0.786. The predicted molar refractivity (Wildman–Crippen MR) is 86.3 cm³/mol. The molecule has 2 saturated heterocycles. The van der Waals surface area contributed by atoms with Crippen LogP contribution in [0.3, 0.4) is 0 Å². The topological polar surface area (TPSA) is 97.6 Å². The molecule has 0 bridgehead atoms. The van der Waals surface area contributed by atoms with Crippen molar-refractivity contribution in [3.05, 3.63) is 11.9 Å². The third-order valence-electron chi connectivity index (χ3n) is 4.50. The van der Waals surface area contributed by atoms with E-state index in [-0.39, 0.29) is 23.9 Å². The van der Waals surface area contributed by atoms with E-state index in [0.29, 0.717) is 26.3 Å². The maximum atomic E-state index is 13.8. The number of morpholine rings is 1. The molecule has 3 rings (SSSR count). The van der Waals surface area contributed by atoms with Crippen molar-refractivity contribution in [2.45, 2.75) is 31.9 Å². The van der Waals surface area contributed by atoms with Crippen molar-refractivity contribution < 1.29 is 26.7 Å². The van der Waals surface area contributed by atoms with Gasteiger partial charge in [0.25, 0.3) is 11.8 Å². The summed E-state index contributed by atoms with van der Waals surface area (Å²) in [7, 11) is -3.76. The summed E-state index contributed by atoms with van der Waals surface area (Å²) in [5.74, 6) is -3.65. The highest BCUT2D eigenvalue weighted by molar-refractivity contribution is 7.89. The molecule has 0 spiro atoms. The molecule has 2 aliphatic rings. The molecule has 1 amide bonds. The van der Waals surface area contributed by atoms with Gasteiger partial charge >= 0.3 is 0 Å². The molecular formula is C14H21F2N5O4S. The highest BCUT2D eigenvalue weighted by atomic mass is 32.2. The predicted octanol–water partition coefficient (Wildman–Crippen LogP) is -0.190. The monoisotopic (exact) mass is 393 g/mol. The highest BCUT2D eigenvalue weighted by Crippen LogP contribution is 2.34. The third-order valence-corrected chi connectivity index (χ3v) is 6.38. The van der Waals surface area contributed by atoms with Crippen LogP contribution in [0, 0.1) is 0 Å². The molecular weight excluding hydrogens is 372 g/mol. The fourth-order valence-electron chi connectivity index (χ4n) is 3.15. The van der Waals surface area contributed by atoms with Gasteiger partial charge in [0.2, 0.25) is 10.0 Å². The number of nitrogens with zero attached hydrogens (tertiary/aromatic N) is 5. The molecule has 1 aromatic heterocycles. The number of hydrogen-bond acceptors (Lipinski definition) is 6. The van der Waals surface area contributed by atoms with Crippen LogP contribution in [0.15, 0.2) is 6.20 Å². The maximum Gasteiger partial charge on any atom is 0.276 e. The number of alkyl halides is 2. The Morgan fingerprint density at radius 1 is 1.38 bits per heavy atom. The van der Waals surface area contributed by atoms with Gasteiger partial charge in [0.15, 0.2) is 5.69 Å². The summed E-state index contributed by atoms with van der Waals surface area (Å²) in [6, 6.07) is -0.928. The number of sulfonamides is 1. The minimum Gasteiger partial charge on any atom is -0.378 e. The summed E-state index contributed by atoms with van der Waals surface area (Å²) in [4.78, 5) is 13.9. The van der Waals surface area contributed by atoms with E-state index in [4.69, 9.17) is 4.74 Å². The largest absolute Gasteiger partial charge is 0.378 e. The first-order valence-corrected chi connectivity index (χ1v) is 9.97. The van der Waals surface area contributed by atoms with E-state index in [0.717, 1.165) is 4.31 Å². The first-order valence-electron chi connectivity index (χ1n) is 8.36. The lowest BCUT2D eigenvalue weighted by Crippen LogP contribution is -2.41. The van der Waals surface area contributed by atoms with Gasteiger partial charge in [-0.1, -0.05) is 5.21 Å². The molecule has 0 radical (unpaired) electrons. The van der Waals surface area contributed by atoms with Crippen molar-refractivity contribution in [3.63, 3.8) is 0 Å². The lowest BCUT2D eigenvalue weighted by molar-refractivity contribution is 0.0168. The number of aromatic nitrogens is 3. The fourth-order valence-corrected chi connectivity index (χ4v) is 4.46. The zero-order valence-corrected chi connectivity index (χ0v) is 15.2. The molecule has 0 saturated carbocycles. The molecule has 0 unspecified atom stereocenters. The zero-order valence-electron chi connectivity index (χ0n) is 14.3. The van der Waals surface area contributed by atoms with Gasteiger partial charge in [0.1, 0.15) is 0 Å². The number of carbonyl (C=O) groups excluding carboxylic acids is 1. The number of halogens is 2. The second kappa shape index (κ2) is 7.16. The number of ether oxygens (including phenoxy) is 1. The van der Waals surface area contributed by atoms with E-state index in [1.54, 1.807) is 4.90 Å². The molecule has 146 valence electrons. The van der Waals surface area contributed by atoms with E-state index >= 15 is 0 Å². The Bertz CT molecular complexity index is 763. The van der Waals surface area contributed by atoms with Crippen molar-refractivity contribution >= 4 is 15.9 Å². The zero-order chi connectivity index (χ0) is 18.9. The normalized spacial score (nSPS) is 24.1. The number of hydrogen-bond donors (Lipinski definition) is 0. The SMILES string of the molecule is CCS(=O)(=O)N1CC(F)(F)C[C@H]1Cn1cc(C(=O)N2CCOCC2)nn1. The Hall–Kier alpha value is -1.66. The Labute approximate surface area is 149 Å². The quantitative estimate of drug-likeness (QED) is 0.688. The second-order valence-electron chi connectivity index (χ2n) is 6.39. The van der Waals surface area contributed by atoms with Crippen LogP contribution < -0.4 is 0 Å². The lowest BCUT2D eigenvalue weighted by Gasteiger charge is -2.25. The van der Waals surface area contributed by atoms with E-state index < -0.39 is 35.0 Å². The molecule has 3 heterocycles. The molecule has 0 aromatic carbocycles. The van der Waals surface area contributed by atoms with E-state index in [1.807, 2.05) is 0 Å². The highest BCUT2D eigenvalue weighted by Gasteiger charge is 2.49. The average molecular weight is 393 g/mol. The van der Waals surface area contributed by atoms with Gasteiger partial charge in [-0.15, -0.1) is 5.10 Å². The number of carbonyl (C=O) groups is 1. The molecule has 12 heteroatoms.